The molecule has 4 heterocycles. The van der Waals surface area contributed by atoms with E-state index >= 15 is 0 Å². The van der Waals surface area contributed by atoms with Gasteiger partial charge >= 0.3 is 0 Å². The Kier molecular flexibility index (Phi) is 4.08. The Morgan fingerprint density at radius 3 is 2.83 bits per heavy atom. The quantitative estimate of drug-likeness (QED) is 0.786. The molecule has 2 aromatic rings. The summed E-state index contributed by atoms with van der Waals surface area (Å²) in [6, 6.07) is 1.79. The van der Waals surface area contributed by atoms with Crippen molar-refractivity contribution in [1.82, 2.24) is 29.1 Å². The number of nitrogens with zero attached hydrogens (tertiary/aromatic N) is 6. The number of hydrogen-bond donors (Lipinski definition) is 0. The second-order valence-electron chi connectivity index (χ2n) is 8.75. The molecule has 1 aliphatic carbocycles. The standard InChI is InChI=1S/C21H28N6O2/c1-4-27-17(5-8-23-27)20(29)26-9-6-16-18(22-13-24(16)3)21(26)7-10-25(12-21)19(28)15-11-14(15)2/h5,8,13-15H,4,6-7,9-12H2,1-3H3/t14-,15-,21?/m1/s1. The molecule has 1 saturated heterocycles. The predicted octanol–water partition coefficient (Wildman–Crippen LogP) is 1.42. The molecule has 0 N–H and O–H groups in total. The minimum Gasteiger partial charge on any atom is -0.340 e. The highest BCUT2D eigenvalue weighted by Crippen LogP contribution is 2.45. The molecule has 0 aromatic carbocycles. The van der Waals surface area contributed by atoms with Crippen molar-refractivity contribution in [1.29, 1.82) is 0 Å². The van der Waals surface area contributed by atoms with E-state index in [0.29, 0.717) is 37.8 Å². The first-order valence-electron chi connectivity index (χ1n) is 10.6. The molecule has 0 bridgehead atoms. The van der Waals surface area contributed by atoms with Crippen LogP contribution >= 0.6 is 0 Å². The molecule has 8 nitrogen and oxygen atoms in total. The molecule has 8 heteroatoms. The van der Waals surface area contributed by atoms with Gasteiger partial charge in [-0.1, -0.05) is 6.92 Å². The van der Waals surface area contributed by atoms with Crippen molar-refractivity contribution in [3.63, 3.8) is 0 Å². The van der Waals surface area contributed by atoms with Gasteiger partial charge in [0.2, 0.25) is 5.91 Å². The minimum absolute atomic E-state index is 0.0188. The summed E-state index contributed by atoms with van der Waals surface area (Å²) < 4.78 is 3.80. The van der Waals surface area contributed by atoms with Gasteiger partial charge in [0.25, 0.3) is 5.91 Å². The van der Waals surface area contributed by atoms with Crippen molar-refractivity contribution in [2.24, 2.45) is 18.9 Å². The van der Waals surface area contributed by atoms with Crippen LogP contribution in [0.15, 0.2) is 18.6 Å². The second-order valence-corrected chi connectivity index (χ2v) is 8.75. The summed E-state index contributed by atoms with van der Waals surface area (Å²) in [5.41, 5.74) is 2.18. The Morgan fingerprint density at radius 1 is 1.31 bits per heavy atom. The van der Waals surface area contributed by atoms with Gasteiger partial charge in [-0.05, 0) is 31.7 Å². The zero-order chi connectivity index (χ0) is 20.3. The number of rotatable bonds is 3. The van der Waals surface area contributed by atoms with Crippen LogP contribution in [0.25, 0.3) is 0 Å². The van der Waals surface area contributed by atoms with Crippen molar-refractivity contribution in [3.8, 4) is 0 Å². The number of likely N-dealkylation sites (tertiary alicyclic amines) is 1. The van der Waals surface area contributed by atoms with Crippen molar-refractivity contribution in [2.75, 3.05) is 19.6 Å². The maximum atomic E-state index is 13.6. The van der Waals surface area contributed by atoms with Crippen molar-refractivity contribution in [3.05, 3.63) is 35.7 Å². The van der Waals surface area contributed by atoms with Gasteiger partial charge in [-0.3, -0.25) is 14.3 Å². The number of fused-ring (bicyclic) bond motifs is 2. The van der Waals surface area contributed by atoms with E-state index in [-0.39, 0.29) is 17.7 Å². The molecule has 1 unspecified atom stereocenters. The predicted molar refractivity (Wildman–Crippen MR) is 106 cm³/mol. The molecule has 1 spiro atoms. The maximum absolute atomic E-state index is 13.6. The third kappa shape index (κ3) is 2.64. The van der Waals surface area contributed by atoms with Gasteiger partial charge in [0.05, 0.1) is 12.0 Å². The van der Waals surface area contributed by atoms with Crippen LogP contribution in [0.4, 0.5) is 0 Å². The Labute approximate surface area is 170 Å². The molecule has 3 atom stereocenters. The van der Waals surface area contributed by atoms with Gasteiger partial charge in [0, 0.05) is 57.5 Å². The Morgan fingerprint density at radius 2 is 2.10 bits per heavy atom. The number of carbonyl (C=O) groups excluding carboxylic acids is 2. The van der Waals surface area contributed by atoms with Crippen molar-refractivity contribution in [2.45, 2.75) is 45.2 Å². The van der Waals surface area contributed by atoms with Gasteiger partial charge in [-0.25, -0.2) is 4.98 Å². The van der Waals surface area contributed by atoms with Crippen molar-refractivity contribution >= 4 is 11.8 Å². The summed E-state index contributed by atoms with van der Waals surface area (Å²) in [4.78, 5) is 35.2. The number of aryl methyl sites for hydroxylation is 2. The summed E-state index contributed by atoms with van der Waals surface area (Å²) >= 11 is 0. The first-order valence-corrected chi connectivity index (χ1v) is 10.6. The summed E-state index contributed by atoms with van der Waals surface area (Å²) in [5, 5.41) is 4.28. The molecular formula is C21H28N6O2. The van der Waals surface area contributed by atoms with Gasteiger partial charge in [-0.15, -0.1) is 0 Å². The number of aromatic nitrogens is 4. The average molecular weight is 396 g/mol. The van der Waals surface area contributed by atoms with Crippen molar-refractivity contribution < 1.29 is 9.59 Å². The van der Waals surface area contributed by atoms with Crippen LogP contribution in [0.1, 0.15) is 48.6 Å². The molecule has 2 aliphatic heterocycles. The third-order valence-electron chi connectivity index (χ3n) is 7.06. The van der Waals surface area contributed by atoms with E-state index in [1.165, 1.54) is 5.69 Å². The average Bonchev–Trinajstić information content (AvgIpc) is 3.13. The van der Waals surface area contributed by atoms with E-state index in [4.69, 9.17) is 4.98 Å². The Bertz CT molecular complexity index is 978. The van der Waals surface area contributed by atoms with Crippen LogP contribution in [0, 0.1) is 11.8 Å². The first kappa shape index (κ1) is 18.4. The summed E-state index contributed by atoms with van der Waals surface area (Å²) in [7, 11) is 2.01. The van der Waals surface area contributed by atoms with Gasteiger partial charge in [0.15, 0.2) is 0 Å². The Balaban J connectivity index is 1.53. The van der Waals surface area contributed by atoms with E-state index in [1.54, 1.807) is 16.9 Å². The molecule has 1 saturated carbocycles. The van der Waals surface area contributed by atoms with E-state index in [2.05, 4.69) is 16.6 Å². The zero-order valence-electron chi connectivity index (χ0n) is 17.3. The molecule has 3 aliphatic rings. The molecule has 0 radical (unpaired) electrons. The second kappa shape index (κ2) is 6.43. The number of imidazole rings is 1. The highest BCUT2D eigenvalue weighted by molar-refractivity contribution is 5.93. The topological polar surface area (TPSA) is 76.3 Å². The molecule has 2 amide bonds. The first-order chi connectivity index (χ1) is 14.0. The summed E-state index contributed by atoms with van der Waals surface area (Å²) in [6.45, 7) is 6.60. The van der Waals surface area contributed by atoms with Crippen LogP contribution in [-0.2, 0) is 30.3 Å². The van der Waals surface area contributed by atoms with E-state index in [0.717, 1.165) is 25.0 Å². The van der Waals surface area contributed by atoms with Crippen LogP contribution in [0.5, 0.6) is 0 Å². The lowest BCUT2D eigenvalue weighted by Crippen LogP contribution is -2.56. The van der Waals surface area contributed by atoms with Gasteiger partial charge in [-0.2, -0.15) is 5.10 Å². The lowest BCUT2D eigenvalue weighted by molar-refractivity contribution is -0.132. The largest absolute Gasteiger partial charge is 0.340 e. The van der Waals surface area contributed by atoms with Crippen LogP contribution < -0.4 is 0 Å². The SMILES string of the molecule is CCn1nccc1C(=O)N1CCc2c(ncn2C)C12CCN(C(=O)[C@@H]1C[C@H]1C)C2. The van der Waals surface area contributed by atoms with Gasteiger partial charge in [0.1, 0.15) is 11.2 Å². The summed E-state index contributed by atoms with van der Waals surface area (Å²) in [6.07, 6.45) is 6.00. The van der Waals surface area contributed by atoms with E-state index < -0.39 is 5.54 Å². The zero-order valence-corrected chi connectivity index (χ0v) is 17.3. The molecule has 2 aromatic heterocycles. The van der Waals surface area contributed by atoms with Crippen LogP contribution in [-0.4, -0.2) is 60.6 Å². The highest BCUT2D eigenvalue weighted by Gasteiger charge is 2.54. The van der Waals surface area contributed by atoms with Gasteiger partial charge < -0.3 is 14.4 Å². The number of carbonyl (C=O) groups is 2. The lowest BCUT2D eigenvalue weighted by Gasteiger charge is -2.44. The van der Waals surface area contributed by atoms with Crippen LogP contribution in [0.2, 0.25) is 0 Å². The fourth-order valence-electron chi connectivity index (χ4n) is 5.20. The summed E-state index contributed by atoms with van der Waals surface area (Å²) in [5.74, 6) is 0.855. The highest BCUT2D eigenvalue weighted by atomic mass is 16.2. The smallest absolute Gasteiger partial charge is 0.272 e. The van der Waals surface area contributed by atoms with E-state index in [9.17, 15) is 9.59 Å². The normalized spacial score (nSPS) is 28.1. The molecule has 5 rings (SSSR count). The number of hydrogen-bond acceptors (Lipinski definition) is 4. The fraction of sp³-hybridized carbons (Fsp3) is 0.619. The van der Waals surface area contributed by atoms with E-state index in [1.807, 2.05) is 30.1 Å². The lowest BCUT2D eigenvalue weighted by atomic mass is 9.85. The maximum Gasteiger partial charge on any atom is 0.272 e. The molecular weight excluding hydrogens is 368 g/mol. The monoisotopic (exact) mass is 396 g/mol. The Hall–Kier alpha value is -2.64. The molecule has 154 valence electrons. The molecule has 2 fully saturated rings. The van der Waals surface area contributed by atoms with Crippen LogP contribution in [0.3, 0.4) is 0 Å². The third-order valence-corrected chi connectivity index (χ3v) is 7.06. The minimum atomic E-state index is -0.553. The number of amides is 2. The fourth-order valence-corrected chi connectivity index (χ4v) is 5.20. The molecule has 29 heavy (non-hydrogen) atoms.